The van der Waals surface area contributed by atoms with Gasteiger partial charge >= 0.3 is 0 Å². The number of nitrogens with one attached hydrogen (secondary N) is 2. The van der Waals surface area contributed by atoms with Gasteiger partial charge in [0, 0.05) is 24.2 Å². The number of fused-ring (bicyclic) bond motifs is 1. The second-order valence-electron chi connectivity index (χ2n) is 6.74. The molecule has 0 saturated carbocycles. The van der Waals surface area contributed by atoms with Crippen LogP contribution in [0.3, 0.4) is 0 Å². The summed E-state index contributed by atoms with van der Waals surface area (Å²) in [6, 6.07) is 9.84. The van der Waals surface area contributed by atoms with Crippen molar-refractivity contribution in [1.82, 2.24) is 30.2 Å². The van der Waals surface area contributed by atoms with Crippen LogP contribution in [0.4, 0.5) is 0 Å². The topological polar surface area (TPSA) is 96.5 Å². The molecule has 0 saturated heterocycles. The van der Waals surface area contributed by atoms with Crippen molar-refractivity contribution < 1.29 is 4.79 Å². The highest BCUT2D eigenvalue weighted by Crippen LogP contribution is 2.15. The normalized spacial score (nSPS) is 11.0. The van der Waals surface area contributed by atoms with Crippen LogP contribution in [0.15, 0.2) is 48.1 Å². The van der Waals surface area contributed by atoms with Gasteiger partial charge in [-0.05, 0) is 37.5 Å². The Labute approximate surface area is 172 Å². The van der Waals surface area contributed by atoms with E-state index in [4.69, 9.17) is 0 Å². The summed E-state index contributed by atoms with van der Waals surface area (Å²) >= 11 is 1.54. The first-order chi connectivity index (χ1) is 14.3. The number of nitrogens with zero attached hydrogens (tertiary/aromatic N) is 4. The smallest absolute Gasteiger partial charge is 0.271 e. The van der Waals surface area contributed by atoms with Crippen molar-refractivity contribution in [3.63, 3.8) is 0 Å². The number of aromatic nitrogens is 5. The lowest BCUT2D eigenvalue weighted by Crippen LogP contribution is -2.24. The second kappa shape index (κ2) is 9.38. The van der Waals surface area contributed by atoms with E-state index < -0.39 is 0 Å². The van der Waals surface area contributed by atoms with Crippen LogP contribution in [-0.2, 0) is 19.4 Å². The van der Waals surface area contributed by atoms with Crippen LogP contribution >= 0.6 is 11.3 Å². The van der Waals surface area contributed by atoms with Gasteiger partial charge in [0.2, 0.25) is 0 Å². The molecule has 2 N–H and O–H groups in total. The van der Waals surface area contributed by atoms with Crippen LogP contribution in [0.25, 0.3) is 11.0 Å². The number of aryl methyl sites for hydroxylation is 2. The van der Waals surface area contributed by atoms with Gasteiger partial charge in [-0.25, -0.2) is 19.9 Å². The molecule has 0 unspecified atom stereocenters. The number of aromatic amines is 1. The molecule has 0 fully saturated rings. The fourth-order valence-electron chi connectivity index (χ4n) is 3.07. The maximum atomic E-state index is 12.2. The Hall–Kier alpha value is -3.13. The molecule has 0 radical (unpaired) electrons. The number of H-pyrrole nitrogens is 1. The van der Waals surface area contributed by atoms with E-state index in [-0.39, 0.29) is 5.91 Å². The molecule has 4 aromatic rings. The molecule has 0 aliphatic rings. The molecule has 7 nitrogen and oxygen atoms in total. The minimum Gasteiger partial charge on any atom is -0.343 e. The highest BCUT2D eigenvalue weighted by molar-refractivity contribution is 7.09. The number of carbonyl (C=O) groups excluding carboxylic acids is 1. The first-order valence-corrected chi connectivity index (χ1v) is 10.6. The van der Waals surface area contributed by atoms with E-state index >= 15 is 0 Å². The number of unbranched alkanes of at least 4 members (excludes halogenated alkanes) is 2. The van der Waals surface area contributed by atoms with E-state index in [2.05, 4.69) is 36.3 Å². The molecule has 3 aromatic heterocycles. The summed E-state index contributed by atoms with van der Waals surface area (Å²) in [5, 5.41) is 5.61. The van der Waals surface area contributed by atoms with Crippen molar-refractivity contribution in [2.24, 2.45) is 0 Å². The number of thiazole rings is 1. The summed E-state index contributed by atoms with van der Waals surface area (Å²) in [6.45, 7) is 0.300. The van der Waals surface area contributed by atoms with Gasteiger partial charge in [-0.15, -0.1) is 11.3 Å². The fraction of sp³-hybridized carbons (Fsp3) is 0.286. The Kier molecular flexibility index (Phi) is 6.21. The van der Waals surface area contributed by atoms with Crippen LogP contribution in [0.2, 0.25) is 0 Å². The summed E-state index contributed by atoms with van der Waals surface area (Å²) < 4.78 is 0. The number of para-hydroxylation sites is 2. The number of amides is 1. The summed E-state index contributed by atoms with van der Waals surface area (Å²) in [5.41, 5.74) is 2.58. The van der Waals surface area contributed by atoms with Crippen LogP contribution in [-0.4, -0.2) is 30.8 Å². The molecular weight excluding hydrogens is 384 g/mol. The van der Waals surface area contributed by atoms with Crippen molar-refractivity contribution in [3.05, 3.63) is 70.5 Å². The molecule has 0 aliphatic heterocycles. The second-order valence-corrected chi connectivity index (χ2v) is 7.68. The lowest BCUT2D eigenvalue weighted by atomic mass is 10.1. The van der Waals surface area contributed by atoms with Crippen LogP contribution in [0.1, 0.15) is 46.4 Å². The third-order valence-corrected chi connectivity index (χ3v) is 5.46. The molecule has 0 aliphatic carbocycles. The van der Waals surface area contributed by atoms with Crippen molar-refractivity contribution >= 4 is 28.3 Å². The molecular formula is C21H22N6OS. The molecule has 8 heteroatoms. The van der Waals surface area contributed by atoms with Crippen LogP contribution < -0.4 is 5.32 Å². The van der Waals surface area contributed by atoms with E-state index in [1.807, 2.05) is 23.6 Å². The molecule has 4 rings (SSSR count). The molecule has 148 valence electrons. The third kappa shape index (κ3) is 5.23. The van der Waals surface area contributed by atoms with Gasteiger partial charge in [0.1, 0.15) is 17.3 Å². The van der Waals surface area contributed by atoms with E-state index in [0.717, 1.165) is 54.0 Å². The highest BCUT2D eigenvalue weighted by atomic mass is 32.1. The number of imidazole rings is 1. The minimum absolute atomic E-state index is 0.190. The molecule has 1 amide bonds. The van der Waals surface area contributed by atoms with E-state index in [0.29, 0.717) is 18.1 Å². The van der Waals surface area contributed by atoms with E-state index in [1.165, 1.54) is 11.3 Å². The molecule has 1 aromatic carbocycles. The number of carbonyl (C=O) groups is 1. The lowest BCUT2D eigenvalue weighted by Gasteiger charge is -2.01. The average molecular weight is 407 g/mol. The zero-order valence-electron chi connectivity index (χ0n) is 16.0. The Morgan fingerprint density at radius 2 is 1.83 bits per heavy atom. The van der Waals surface area contributed by atoms with Crippen LogP contribution in [0, 0.1) is 0 Å². The van der Waals surface area contributed by atoms with Gasteiger partial charge in [-0.3, -0.25) is 4.79 Å². The molecule has 29 heavy (non-hydrogen) atoms. The number of hydrogen-bond donors (Lipinski definition) is 2. The van der Waals surface area contributed by atoms with E-state index in [9.17, 15) is 4.79 Å². The first-order valence-electron chi connectivity index (χ1n) is 9.70. The van der Waals surface area contributed by atoms with Crippen molar-refractivity contribution in [2.45, 2.75) is 38.6 Å². The van der Waals surface area contributed by atoms with Crippen molar-refractivity contribution in [3.8, 4) is 0 Å². The van der Waals surface area contributed by atoms with Crippen molar-refractivity contribution in [2.75, 3.05) is 0 Å². The van der Waals surface area contributed by atoms with Gasteiger partial charge < -0.3 is 10.3 Å². The minimum atomic E-state index is -0.190. The van der Waals surface area contributed by atoms with Gasteiger partial charge in [0.05, 0.1) is 22.6 Å². The SMILES string of the molecule is O=C(NCc1ncccn1)c1csc(CCCCCc2nc3ccccc3[nH]2)n1. The average Bonchev–Trinajstić information content (AvgIpc) is 3.39. The number of rotatable bonds is 9. The number of benzene rings is 1. The van der Waals surface area contributed by atoms with Crippen molar-refractivity contribution in [1.29, 1.82) is 0 Å². The molecule has 0 spiro atoms. The zero-order valence-corrected chi connectivity index (χ0v) is 16.8. The Balaban J connectivity index is 1.17. The van der Waals surface area contributed by atoms with Gasteiger partial charge in [0.25, 0.3) is 5.91 Å². The summed E-state index contributed by atoms with van der Waals surface area (Å²) in [4.78, 5) is 32.8. The summed E-state index contributed by atoms with van der Waals surface area (Å²) in [7, 11) is 0. The standard InChI is InChI=1S/C21H22N6OS/c28-21(24-13-19-22-11-6-12-23-19)17-14-29-20(27-17)10-3-1-2-9-18-25-15-7-4-5-8-16(15)26-18/h4-8,11-12,14H,1-3,9-10,13H2,(H,24,28)(H,25,26). The third-order valence-electron chi connectivity index (χ3n) is 4.55. The summed E-state index contributed by atoms with van der Waals surface area (Å²) in [5.74, 6) is 1.44. The molecule has 3 heterocycles. The Morgan fingerprint density at radius 3 is 2.69 bits per heavy atom. The van der Waals surface area contributed by atoms with Gasteiger partial charge in [-0.1, -0.05) is 18.6 Å². The summed E-state index contributed by atoms with van der Waals surface area (Å²) in [6.07, 6.45) is 8.38. The predicted octanol–water partition coefficient (Wildman–Crippen LogP) is 3.69. The lowest BCUT2D eigenvalue weighted by molar-refractivity contribution is 0.0945. The van der Waals surface area contributed by atoms with Gasteiger partial charge in [0.15, 0.2) is 0 Å². The predicted molar refractivity (Wildman–Crippen MR) is 113 cm³/mol. The zero-order chi connectivity index (χ0) is 19.9. The van der Waals surface area contributed by atoms with Gasteiger partial charge in [-0.2, -0.15) is 0 Å². The number of hydrogen-bond acceptors (Lipinski definition) is 6. The fourth-order valence-corrected chi connectivity index (χ4v) is 3.89. The maximum Gasteiger partial charge on any atom is 0.271 e. The maximum absolute atomic E-state index is 12.2. The monoisotopic (exact) mass is 406 g/mol. The molecule has 0 bridgehead atoms. The van der Waals surface area contributed by atoms with E-state index in [1.54, 1.807) is 18.5 Å². The highest BCUT2D eigenvalue weighted by Gasteiger charge is 2.11. The first kappa shape index (κ1) is 19.2. The quantitative estimate of drug-likeness (QED) is 0.413. The Bertz CT molecular complexity index is 1040. The Morgan fingerprint density at radius 1 is 1.00 bits per heavy atom. The van der Waals surface area contributed by atoms with Crippen LogP contribution in [0.5, 0.6) is 0 Å². The molecule has 0 atom stereocenters. The largest absolute Gasteiger partial charge is 0.343 e.